The molecule has 0 fully saturated rings. The second-order valence-corrected chi connectivity index (χ2v) is 6.31. The lowest BCUT2D eigenvalue weighted by Crippen LogP contribution is -2.25. The SMILES string of the molecule is CCCc1cc(=O)[nH]c(S[C@@H](CC)C(=O)Nc2cc(C)on2)n1. The molecule has 2 N–H and O–H groups in total. The third-order valence-electron chi connectivity index (χ3n) is 3.08. The van der Waals surface area contributed by atoms with Crippen molar-refractivity contribution >= 4 is 23.5 Å². The van der Waals surface area contributed by atoms with Gasteiger partial charge in [-0.25, -0.2) is 4.98 Å². The first-order valence-electron chi connectivity index (χ1n) is 7.52. The molecule has 0 saturated carbocycles. The van der Waals surface area contributed by atoms with Crippen LogP contribution < -0.4 is 10.9 Å². The van der Waals surface area contributed by atoms with E-state index in [1.54, 1.807) is 13.0 Å². The third kappa shape index (κ3) is 4.95. The number of amides is 1. The number of thioether (sulfide) groups is 1. The van der Waals surface area contributed by atoms with Gasteiger partial charge < -0.3 is 14.8 Å². The van der Waals surface area contributed by atoms with Gasteiger partial charge in [0.05, 0.1) is 5.25 Å². The lowest BCUT2D eigenvalue weighted by atomic mass is 10.2. The first-order chi connectivity index (χ1) is 11.0. The van der Waals surface area contributed by atoms with Crippen LogP contribution in [0.3, 0.4) is 0 Å². The van der Waals surface area contributed by atoms with Crippen molar-refractivity contribution in [3.05, 3.63) is 33.9 Å². The summed E-state index contributed by atoms with van der Waals surface area (Å²) in [7, 11) is 0. The van der Waals surface area contributed by atoms with Gasteiger partial charge in [-0.15, -0.1) is 0 Å². The summed E-state index contributed by atoms with van der Waals surface area (Å²) in [5, 5.41) is 6.52. The smallest absolute Gasteiger partial charge is 0.251 e. The lowest BCUT2D eigenvalue weighted by Gasteiger charge is -2.13. The summed E-state index contributed by atoms with van der Waals surface area (Å²) >= 11 is 1.24. The van der Waals surface area contributed by atoms with E-state index in [0.29, 0.717) is 23.2 Å². The van der Waals surface area contributed by atoms with Gasteiger partial charge in [-0.2, -0.15) is 0 Å². The second kappa shape index (κ2) is 7.96. The van der Waals surface area contributed by atoms with Crippen molar-refractivity contribution in [1.82, 2.24) is 15.1 Å². The van der Waals surface area contributed by atoms with Crippen LogP contribution in [0.4, 0.5) is 5.82 Å². The minimum Gasteiger partial charge on any atom is -0.360 e. The molecule has 0 aliphatic rings. The van der Waals surface area contributed by atoms with Gasteiger partial charge in [0.2, 0.25) is 5.91 Å². The molecule has 1 amide bonds. The molecule has 124 valence electrons. The molecule has 0 spiro atoms. The predicted octanol–water partition coefficient (Wildman–Crippen LogP) is 2.53. The fraction of sp³-hybridized carbons (Fsp3) is 0.467. The van der Waals surface area contributed by atoms with Crippen LogP contribution in [0.1, 0.15) is 38.1 Å². The first-order valence-corrected chi connectivity index (χ1v) is 8.40. The molecule has 2 heterocycles. The maximum atomic E-state index is 12.3. The van der Waals surface area contributed by atoms with Gasteiger partial charge in [0, 0.05) is 17.8 Å². The number of nitrogens with one attached hydrogen (secondary N) is 2. The third-order valence-corrected chi connectivity index (χ3v) is 4.32. The highest BCUT2D eigenvalue weighted by atomic mass is 32.2. The fourth-order valence-corrected chi connectivity index (χ4v) is 2.94. The number of nitrogens with zero attached hydrogens (tertiary/aromatic N) is 2. The average molecular weight is 336 g/mol. The van der Waals surface area contributed by atoms with Crippen molar-refractivity contribution in [3.8, 4) is 0 Å². The number of hydrogen-bond donors (Lipinski definition) is 2. The number of hydrogen-bond acceptors (Lipinski definition) is 6. The van der Waals surface area contributed by atoms with Crippen molar-refractivity contribution in [1.29, 1.82) is 0 Å². The van der Waals surface area contributed by atoms with Crippen LogP contribution in [-0.2, 0) is 11.2 Å². The largest absolute Gasteiger partial charge is 0.360 e. The van der Waals surface area contributed by atoms with Crippen LogP contribution >= 0.6 is 11.8 Å². The number of aryl methyl sites for hydroxylation is 2. The van der Waals surface area contributed by atoms with Crippen molar-refractivity contribution in [2.45, 2.75) is 50.4 Å². The summed E-state index contributed by atoms with van der Waals surface area (Å²) in [6.07, 6.45) is 2.23. The van der Waals surface area contributed by atoms with Crippen LogP contribution in [0.15, 0.2) is 26.6 Å². The Kier molecular flexibility index (Phi) is 5.97. The quantitative estimate of drug-likeness (QED) is 0.595. The minimum atomic E-state index is -0.382. The van der Waals surface area contributed by atoms with Crippen LogP contribution in [0.25, 0.3) is 0 Å². The molecule has 0 aliphatic heterocycles. The average Bonchev–Trinajstić information content (AvgIpc) is 2.89. The van der Waals surface area contributed by atoms with Gasteiger partial charge in [0.1, 0.15) is 5.76 Å². The number of H-pyrrole nitrogens is 1. The zero-order chi connectivity index (χ0) is 16.8. The molecule has 1 atom stereocenters. The Morgan fingerprint density at radius 1 is 1.43 bits per heavy atom. The molecule has 0 aromatic carbocycles. The van der Waals surface area contributed by atoms with E-state index in [-0.39, 0.29) is 16.7 Å². The van der Waals surface area contributed by atoms with Crippen molar-refractivity contribution < 1.29 is 9.32 Å². The molecular formula is C15H20N4O3S. The molecule has 0 unspecified atom stereocenters. The van der Waals surface area contributed by atoms with Crippen molar-refractivity contribution in [2.24, 2.45) is 0 Å². The second-order valence-electron chi connectivity index (χ2n) is 5.12. The summed E-state index contributed by atoms with van der Waals surface area (Å²) in [5.41, 5.74) is 0.537. The number of carbonyl (C=O) groups is 1. The molecule has 0 saturated heterocycles. The molecule has 0 bridgehead atoms. The molecule has 23 heavy (non-hydrogen) atoms. The highest BCUT2D eigenvalue weighted by Gasteiger charge is 2.20. The molecule has 2 aromatic rings. The highest BCUT2D eigenvalue weighted by Crippen LogP contribution is 2.23. The summed E-state index contributed by atoms with van der Waals surface area (Å²) in [5.74, 6) is 0.807. The minimum absolute atomic E-state index is 0.200. The van der Waals surface area contributed by atoms with E-state index in [1.165, 1.54) is 17.8 Å². The Bertz CT molecular complexity index is 726. The van der Waals surface area contributed by atoms with E-state index in [9.17, 15) is 9.59 Å². The van der Waals surface area contributed by atoms with Crippen LogP contribution in [0.5, 0.6) is 0 Å². The Morgan fingerprint density at radius 2 is 2.22 bits per heavy atom. The van der Waals surface area contributed by atoms with Gasteiger partial charge in [-0.3, -0.25) is 9.59 Å². The Labute approximate surface area is 138 Å². The Morgan fingerprint density at radius 3 is 2.83 bits per heavy atom. The number of rotatable bonds is 7. The summed E-state index contributed by atoms with van der Waals surface area (Å²) in [4.78, 5) is 31.1. The number of anilines is 1. The van der Waals surface area contributed by atoms with Gasteiger partial charge >= 0.3 is 0 Å². The summed E-state index contributed by atoms with van der Waals surface area (Å²) in [6, 6.07) is 3.14. The van der Waals surface area contributed by atoms with E-state index in [4.69, 9.17) is 4.52 Å². The highest BCUT2D eigenvalue weighted by molar-refractivity contribution is 8.00. The standard InChI is InChI=1S/C15H20N4O3S/c1-4-6-10-8-13(20)18-15(16-10)23-11(5-2)14(21)17-12-7-9(3)22-19-12/h7-8,11H,4-6H2,1-3H3,(H,16,18,20)(H,17,19,21)/t11-/m0/s1. The van der Waals surface area contributed by atoms with Crippen molar-refractivity contribution in [2.75, 3.05) is 5.32 Å². The zero-order valence-electron chi connectivity index (χ0n) is 13.4. The Balaban J connectivity index is 2.09. The van der Waals surface area contributed by atoms with E-state index in [1.807, 2.05) is 13.8 Å². The van der Waals surface area contributed by atoms with Gasteiger partial charge in [0.15, 0.2) is 11.0 Å². The van der Waals surface area contributed by atoms with E-state index < -0.39 is 0 Å². The topological polar surface area (TPSA) is 101 Å². The maximum absolute atomic E-state index is 12.3. The van der Waals surface area contributed by atoms with Crippen LogP contribution in [0, 0.1) is 6.92 Å². The monoisotopic (exact) mass is 336 g/mol. The molecule has 7 nitrogen and oxygen atoms in total. The molecule has 0 radical (unpaired) electrons. The predicted molar refractivity (Wildman–Crippen MR) is 88.7 cm³/mol. The summed E-state index contributed by atoms with van der Waals surface area (Å²) in [6.45, 7) is 5.68. The van der Waals surface area contributed by atoms with E-state index >= 15 is 0 Å². The molecule has 0 aliphatic carbocycles. The number of aromatic amines is 1. The van der Waals surface area contributed by atoms with E-state index in [2.05, 4.69) is 20.4 Å². The van der Waals surface area contributed by atoms with Gasteiger partial charge in [0.25, 0.3) is 5.56 Å². The Hall–Kier alpha value is -2.09. The van der Waals surface area contributed by atoms with Gasteiger partial charge in [-0.05, 0) is 19.8 Å². The molecule has 8 heteroatoms. The number of carbonyl (C=O) groups excluding carboxylic acids is 1. The molecule has 2 aromatic heterocycles. The maximum Gasteiger partial charge on any atom is 0.251 e. The molecular weight excluding hydrogens is 316 g/mol. The molecule has 2 rings (SSSR count). The van der Waals surface area contributed by atoms with Crippen molar-refractivity contribution in [3.63, 3.8) is 0 Å². The number of aromatic nitrogens is 3. The van der Waals surface area contributed by atoms with Gasteiger partial charge in [-0.1, -0.05) is 37.2 Å². The normalized spacial score (nSPS) is 12.1. The van der Waals surface area contributed by atoms with E-state index in [0.717, 1.165) is 18.5 Å². The summed E-state index contributed by atoms with van der Waals surface area (Å²) < 4.78 is 4.92. The fourth-order valence-electron chi connectivity index (χ4n) is 2.01. The zero-order valence-corrected chi connectivity index (χ0v) is 14.2. The van der Waals surface area contributed by atoms with Crippen LogP contribution in [-0.4, -0.2) is 26.3 Å². The lowest BCUT2D eigenvalue weighted by molar-refractivity contribution is -0.115. The first kappa shape index (κ1) is 17.3. The van der Waals surface area contributed by atoms with Crippen LogP contribution in [0.2, 0.25) is 0 Å².